The van der Waals surface area contributed by atoms with E-state index in [-0.39, 0.29) is 11.2 Å². The maximum atomic E-state index is 12.5. The molecule has 0 bridgehead atoms. The molecule has 2 heterocycles. The number of hydrogen-bond acceptors (Lipinski definition) is 5. The van der Waals surface area contributed by atoms with Crippen molar-refractivity contribution in [3.63, 3.8) is 0 Å². The third kappa shape index (κ3) is 3.89. The minimum absolute atomic E-state index is 0.0811. The molecule has 5 nitrogen and oxygen atoms in total. The number of imidazole rings is 1. The highest BCUT2D eigenvalue weighted by Crippen LogP contribution is 2.28. The normalized spacial score (nSPS) is 12.2. The number of nitrogens with one attached hydrogen (secondary N) is 1. The molecule has 0 aliphatic heterocycles. The van der Waals surface area contributed by atoms with Gasteiger partial charge in [-0.15, -0.1) is 11.3 Å². The number of carbonyl (C=O) groups excluding carboxylic acids is 1. The molecular formula is C20H18N4OS2. The Morgan fingerprint density at radius 2 is 2.04 bits per heavy atom. The second-order valence-electron chi connectivity index (χ2n) is 6.17. The van der Waals surface area contributed by atoms with E-state index in [9.17, 15) is 4.79 Å². The van der Waals surface area contributed by atoms with Crippen LogP contribution in [0.25, 0.3) is 22.0 Å². The van der Waals surface area contributed by atoms with E-state index in [1.807, 2.05) is 42.2 Å². The van der Waals surface area contributed by atoms with Crippen molar-refractivity contribution in [3.05, 3.63) is 60.2 Å². The van der Waals surface area contributed by atoms with Crippen molar-refractivity contribution in [2.75, 3.05) is 5.32 Å². The molecule has 1 unspecified atom stereocenters. The molecule has 4 aromatic rings. The van der Waals surface area contributed by atoms with Crippen LogP contribution in [0.15, 0.2) is 65.4 Å². The molecule has 0 saturated heterocycles. The van der Waals surface area contributed by atoms with Crippen LogP contribution >= 0.6 is 23.1 Å². The van der Waals surface area contributed by atoms with Gasteiger partial charge < -0.3 is 9.88 Å². The average Bonchev–Trinajstić information content (AvgIpc) is 3.30. The average molecular weight is 395 g/mol. The fourth-order valence-electron chi connectivity index (χ4n) is 2.70. The number of anilines is 1. The van der Waals surface area contributed by atoms with Gasteiger partial charge in [-0.25, -0.2) is 9.97 Å². The van der Waals surface area contributed by atoms with Crippen LogP contribution in [0.4, 0.5) is 5.13 Å². The van der Waals surface area contributed by atoms with Crippen molar-refractivity contribution < 1.29 is 4.79 Å². The summed E-state index contributed by atoms with van der Waals surface area (Å²) in [6.45, 7) is 1.87. The standard InChI is InChI=1S/C20H18N4OS2/c1-13(27-20-21-9-10-24(20)2)18(25)23-19-22-17(12-26-19)16-8-7-14-5-3-4-6-15(14)11-16/h3-13H,1-2H3,(H,22,23,25). The highest BCUT2D eigenvalue weighted by Gasteiger charge is 2.18. The summed E-state index contributed by atoms with van der Waals surface area (Å²) in [5, 5.41) is 8.41. The van der Waals surface area contributed by atoms with Crippen molar-refractivity contribution in [3.8, 4) is 11.3 Å². The molecular weight excluding hydrogens is 376 g/mol. The van der Waals surface area contributed by atoms with Gasteiger partial charge in [0.1, 0.15) is 0 Å². The fourth-order valence-corrected chi connectivity index (χ4v) is 4.25. The first-order valence-corrected chi connectivity index (χ1v) is 10.3. The van der Waals surface area contributed by atoms with E-state index >= 15 is 0 Å². The molecule has 2 aromatic heterocycles. The van der Waals surface area contributed by atoms with Crippen LogP contribution in [0.5, 0.6) is 0 Å². The number of aryl methyl sites for hydroxylation is 1. The number of thiazole rings is 1. The SMILES string of the molecule is CC(Sc1nccn1C)C(=O)Nc1nc(-c2ccc3ccccc3c2)cs1. The van der Waals surface area contributed by atoms with Crippen LogP contribution < -0.4 is 5.32 Å². The molecule has 1 atom stereocenters. The molecule has 27 heavy (non-hydrogen) atoms. The summed E-state index contributed by atoms with van der Waals surface area (Å²) in [6.07, 6.45) is 3.59. The lowest BCUT2D eigenvalue weighted by atomic mass is 10.1. The number of nitrogens with zero attached hydrogens (tertiary/aromatic N) is 3. The van der Waals surface area contributed by atoms with Crippen molar-refractivity contribution in [1.29, 1.82) is 0 Å². The molecule has 4 rings (SSSR count). The lowest BCUT2D eigenvalue weighted by molar-refractivity contribution is -0.115. The summed E-state index contributed by atoms with van der Waals surface area (Å²) in [4.78, 5) is 21.3. The van der Waals surface area contributed by atoms with E-state index in [0.717, 1.165) is 16.4 Å². The molecule has 0 radical (unpaired) electrons. The Morgan fingerprint density at radius 1 is 1.22 bits per heavy atom. The Hall–Kier alpha value is -2.64. The van der Waals surface area contributed by atoms with Crippen LogP contribution in [0, 0.1) is 0 Å². The zero-order valence-electron chi connectivity index (χ0n) is 14.9. The maximum Gasteiger partial charge on any atom is 0.239 e. The van der Waals surface area contributed by atoms with Gasteiger partial charge in [-0.05, 0) is 23.8 Å². The number of fused-ring (bicyclic) bond motifs is 1. The number of hydrogen-bond donors (Lipinski definition) is 1. The topological polar surface area (TPSA) is 59.8 Å². The number of benzene rings is 2. The van der Waals surface area contributed by atoms with Crippen LogP contribution in [0.2, 0.25) is 0 Å². The van der Waals surface area contributed by atoms with Gasteiger partial charge in [-0.1, -0.05) is 48.2 Å². The van der Waals surface area contributed by atoms with Gasteiger partial charge in [0, 0.05) is 30.4 Å². The molecule has 7 heteroatoms. The molecule has 0 saturated carbocycles. The second-order valence-corrected chi connectivity index (χ2v) is 8.34. The monoisotopic (exact) mass is 394 g/mol. The second kappa shape index (κ2) is 7.54. The van der Waals surface area contributed by atoms with E-state index in [4.69, 9.17) is 0 Å². The minimum atomic E-state index is -0.265. The minimum Gasteiger partial charge on any atom is -0.329 e. The fraction of sp³-hybridized carbons (Fsp3) is 0.150. The summed E-state index contributed by atoms with van der Waals surface area (Å²) >= 11 is 2.86. The van der Waals surface area contributed by atoms with Crippen molar-refractivity contribution in [2.24, 2.45) is 7.05 Å². The van der Waals surface area contributed by atoms with Crippen LogP contribution in [-0.4, -0.2) is 25.7 Å². The molecule has 0 spiro atoms. The zero-order chi connectivity index (χ0) is 18.8. The number of amides is 1. The van der Waals surface area contributed by atoms with Gasteiger partial charge >= 0.3 is 0 Å². The van der Waals surface area contributed by atoms with Gasteiger partial charge in [-0.3, -0.25) is 4.79 Å². The molecule has 136 valence electrons. The number of aromatic nitrogens is 3. The van der Waals surface area contributed by atoms with Crippen LogP contribution in [-0.2, 0) is 11.8 Å². The first-order chi connectivity index (χ1) is 13.1. The molecule has 0 fully saturated rings. The first kappa shape index (κ1) is 17.8. The Labute approximate surface area is 165 Å². The smallest absolute Gasteiger partial charge is 0.239 e. The Balaban J connectivity index is 1.47. The maximum absolute atomic E-state index is 12.5. The van der Waals surface area contributed by atoms with E-state index < -0.39 is 0 Å². The molecule has 0 aliphatic rings. The first-order valence-electron chi connectivity index (χ1n) is 8.50. The summed E-state index contributed by atoms with van der Waals surface area (Å²) in [5.41, 5.74) is 1.91. The van der Waals surface area contributed by atoms with Crippen molar-refractivity contribution in [2.45, 2.75) is 17.3 Å². The van der Waals surface area contributed by atoms with E-state index in [1.165, 1.54) is 33.9 Å². The van der Waals surface area contributed by atoms with E-state index in [1.54, 1.807) is 6.20 Å². The Morgan fingerprint density at radius 3 is 2.81 bits per heavy atom. The predicted octanol–water partition coefficient (Wildman–Crippen LogP) is 4.82. The van der Waals surface area contributed by atoms with Gasteiger partial charge in [0.25, 0.3) is 0 Å². The highest BCUT2D eigenvalue weighted by molar-refractivity contribution is 8.00. The highest BCUT2D eigenvalue weighted by atomic mass is 32.2. The summed E-state index contributed by atoms with van der Waals surface area (Å²) in [5.74, 6) is -0.0811. The van der Waals surface area contributed by atoms with Crippen LogP contribution in [0.3, 0.4) is 0 Å². The summed E-state index contributed by atoms with van der Waals surface area (Å²) in [6, 6.07) is 14.5. The molecule has 1 N–H and O–H groups in total. The number of thioether (sulfide) groups is 1. The lowest BCUT2D eigenvalue weighted by Crippen LogP contribution is -2.22. The predicted molar refractivity (Wildman–Crippen MR) is 112 cm³/mol. The number of carbonyl (C=O) groups is 1. The van der Waals surface area contributed by atoms with Gasteiger partial charge in [0.2, 0.25) is 5.91 Å². The third-order valence-electron chi connectivity index (χ3n) is 4.21. The van der Waals surface area contributed by atoms with E-state index in [0.29, 0.717) is 5.13 Å². The third-order valence-corrected chi connectivity index (χ3v) is 6.14. The summed E-state index contributed by atoms with van der Waals surface area (Å²) < 4.78 is 1.90. The van der Waals surface area contributed by atoms with Gasteiger partial charge in [-0.2, -0.15) is 0 Å². The van der Waals surface area contributed by atoms with Crippen molar-refractivity contribution >= 4 is 44.9 Å². The Bertz CT molecular complexity index is 1100. The van der Waals surface area contributed by atoms with Gasteiger partial charge in [0.15, 0.2) is 10.3 Å². The molecule has 0 aliphatic carbocycles. The molecule has 2 aromatic carbocycles. The zero-order valence-corrected chi connectivity index (χ0v) is 16.6. The van der Waals surface area contributed by atoms with Crippen LogP contribution in [0.1, 0.15) is 6.92 Å². The van der Waals surface area contributed by atoms with Crippen molar-refractivity contribution in [1.82, 2.24) is 14.5 Å². The molecule has 1 amide bonds. The Kier molecular flexibility index (Phi) is 4.96. The number of rotatable bonds is 5. The quantitative estimate of drug-likeness (QED) is 0.493. The lowest BCUT2D eigenvalue weighted by Gasteiger charge is -2.09. The summed E-state index contributed by atoms with van der Waals surface area (Å²) in [7, 11) is 1.91. The largest absolute Gasteiger partial charge is 0.329 e. The van der Waals surface area contributed by atoms with Gasteiger partial charge in [0.05, 0.1) is 10.9 Å². The van der Waals surface area contributed by atoms with E-state index in [2.05, 4.69) is 45.6 Å².